The van der Waals surface area contributed by atoms with Gasteiger partial charge >= 0.3 is 0 Å². The van der Waals surface area contributed by atoms with Crippen molar-refractivity contribution in [1.29, 1.82) is 0 Å². The highest BCUT2D eigenvalue weighted by Crippen LogP contribution is 2.28. The van der Waals surface area contributed by atoms with E-state index < -0.39 is 11.6 Å². The van der Waals surface area contributed by atoms with E-state index in [9.17, 15) is 13.2 Å². The lowest BCUT2D eigenvalue weighted by Crippen LogP contribution is -2.36. The minimum atomic E-state index is -0.872. The molecule has 1 saturated heterocycles. The SMILES string of the molecule is Cl.NC/C(=C\F)COc1cc(F)c(-c2nc(N3CCOCC3)n[nH]2)c(F)c1. The van der Waals surface area contributed by atoms with Gasteiger partial charge in [-0.3, -0.25) is 5.10 Å². The number of hydrogen-bond donors (Lipinski definition) is 2. The molecule has 0 unspecified atom stereocenters. The van der Waals surface area contributed by atoms with Crippen molar-refractivity contribution < 1.29 is 22.6 Å². The van der Waals surface area contributed by atoms with E-state index in [1.54, 1.807) is 0 Å². The highest BCUT2D eigenvalue weighted by atomic mass is 35.5. The van der Waals surface area contributed by atoms with Gasteiger partial charge in [0.25, 0.3) is 0 Å². The maximum absolute atomic E-state index is 14.4. The molecule has 7 nitrogen and oxygen atoms in total. The van der Waals surface area contributed by atoms with Gasteiger partial charge in [-0.05, 0) is 0 Å². The first kappa shape index (κ1) is 21.0. The standard InChI is InChI=1S/C16H18F3N5O2.ClH/c17-7-10(8-20)9-26-11-5-12(18)14(13(19)6-11)15-21-16(23-22-15)24-1-3-25-4-2-24;/h5-7H,1-4,8-9,20H2,(H,21,22,23);1H/b10-7+;. The Balaban J connectivity index is 0.00000261. The van der Waals surface area contributed by atoms with E-state index in [-0.39, 0.29) is 48.3 Å². The Morgan fingerprint density at radius 3 is 2.56 bits per heavy atom. The Morgan fingerprint density at radius 2 is 1.96 bits per heavy atom. The molecule has 0 bridgehead atoms. The van der Waals surface area contributed by atoms with Gasteiger partial charge in [0.05, 0.1) is 25.1 Å². The second-order valence-corrected chi connectivity index (χ2v) is 5.61. The zero-order valence-corrected chi connectivity index (χ0v) is 15.1. The maximum atomic E-state index is 14.4. The lowest BCUT2D eigenvalue weighted by Gasteiger charge is -2.25. The molecule has 3 rings (SSSR count). The van der Waals surface area contributed by atoms with Gasteiger partial charge in [-0.2, -0.15) is 4.98 Å². The smallest absolute Gasteiger partial charge is 0.245 e. The van der Waals surface area contributed by atoms with Crippen LogP contribution in [0.5, 0.6) is 5.75 Å². The number of nitrogens with zero attached hydrogens (tertiary/aromatic N) is 3. The number of benzene rings is 1. The van der Waals surface area contributed by atoms with Crippen LogP contribution in [0.3, 0.4) is 0 Å². The second kappa shape index (κ2) is 9.58. The summed E-state index contributed by atoms with van der Waals surface area (Å²) in [5, 5.41) is 6.56. The monoisotopic (exact) mass is 405 g/mol. The number of aromatic amines is 1. The molecular weight excluding hydrogens is 387 g/mol. The van der Waals surface area contributed by atoms with Crippen molar-refractivity contribution in [3.05, 3.63) is 35.7 Å². The average Bonchev–Trinajstić information content (AvgIpc) is 3.12. The van der Waals surface area contributed by atoms with Crippen molar-refractivity contribution >= 4 is 18.4 Å². The number of H-pyrrole nitrogens is 1. The van der Waals surface area contributed by atoms with Crippen LogP contribution in [0.25, 0.3) is 11.4 Å². The molecule has 2 heterocycles. The number of aromatic nitrogens is 3. The lowest BCUT2D eigenvalue weighted by molar-refractivity contribution is 0.122. The molecule has 27 heavy (non-hydrogen) atoms. The van der Waals surface area contributed by atoms with Crippen LogP contribution in [0.2, 0.25) is 0 Å². The normalized spacial score (nSPS) is 14.8. The Labute approximate surface area is 159 Å². The quantitative estimate of drug-likeness (QED) is 0.766. The molecule has 0 radical (unpaired) electrons. The van der Waals surface area contributed by atoms with Crippen molar-refractivity contribution in [2.75, 3.05) is 44.4 Å². The van der Waals surface area contributed by atoms with E-state index in [1.807, 2.05) is 4.90 Å². The fraction of sp³-hybridized carbons (Fsp3) is 0.375. The third-order valence-electron chi connectivity index (χ3n) is 3.86. The molecule has 1 aromatic carbocycles. The van der Waals surface area contributed by atoms with Gasteiger partial charge in [0.2, 0.25) is 5.95 Å². The van der Waals surface area contributed by atoms with Crippen LogP contribution < -0.4 is 15.4 Å². The minimum Gasteiger partial charge on any atom is -0.489 e. The zero-order valence-electron chi connectivity index (χ0n) is 14.3. The summed E-state index contributed by atoms with van der Waals surface area (Å²) in [5.41, 5.74) is 5.13. The summed E-state index contributed by atoms with van der Waals surface area (Å²) in [4.78, 5) is 6.02. The fourth-order valence-corrected chi connectivity index (χ4v) is 2.44. The Morgan fingerprint density at radius 1 is 1.30 bits per heavy atom. The van der Waals surface area contributed by atoms with E-state index in [0.717, 1.165) is 12.1 Å². The zero-order chi connectivity index (χ0) is 18.5. The summed E-state index contributed by atoms with van der Waals surface area (Å²) < 4.78 is 51.6. The number of halogens is 4. The number of nitrogens with two attached hydrogens (primary N) is 1. The van der Waals surface area contributed by atoms with E-state index in [1.165, 1.54) is 0 Å². The maximum Gasteiger partial charge on any atom is 0.245 e. The molecule has 11 heteroatoms. The van der Waals surface area contributed by atoms with Gasteiger partial charge in [-0.1, -0.05) is 0 Å². The molecule has 2 aromatic rings. The molecule has 0 saturated carbocycles. The van der Waals surface area contributed by atoms with E-state index in [0.29, 0.717) is 38.6 Å². The molecular formula is C16H19ClF3N5O2. The third kappa shape index (κ3) is 4.90. The molecule has 0 atom stereocenters. The van der Waals surface area contributed by atoms with Gasteiger partial charge in [-0.15, -0.1) is 17.5 Å². The molecule has 0 amide bonds. The van der Waals surface area contributed by atoms with Gasteiger partial charge in [-0.25, -0.2) is 13.2 Å². The number of nitrogens with one attached hydrogen (secondary N) is 1. The van der Waals surface area contributed by atoms with Gasteiger partial charge in [0.1, 0.15) is 24.0 Å². The van der Waals surface area contributed by atoms with Crippen LogP contribution in [0, 0.1) is 11.6 Å². The first-order chi connectivity index (χ1) is 12.6. The summed E-state index contributed by atoms with van der Waals surface area (Å²) in [6, 6.07) is 2.00. The van der Waals surface area contributed by atoms with Crippen LogP contribution in [0.4, 0.5) is 19.1 Å². The van der Waals surface area contributed by atoms with Gasteiger partial charge in [0.15, 0.2) is 5.82 Å². The largest absolute Gasteiger partial charge is 0.489 e. The molecule has 1 aromatic heterocycles. The Bertz CT molecular complexity index is 773. The number of anilines is 1. The number of ether oxygens (including phenoxy) is 2. The molecule has 3 N–H and O–H groups in total. The Kier molecular flexibility index (Phi) is 7.45. The summed E-state index contributed by atoms with van der Waals surface area (Å²) in [6.07, 6.45) is 0.308. The van der Waals surface area contributed by atoms with Crippen molar-refractivity contribution in [3.8, 4) is 17.1 Å². The average molecular weight is 406 g/mol. The lowest BCUT2D eigenvalue weighted by atomic mass is 10.1. The minimum absolute atomic E-state index is 0. The number of rotatable bonds is 6. The highest BCUT2D eigenvalue weighted by molar-refractivity contribution is 5.85. The highest BCUT2D eigenvalue weighted by Gasteiger charge is 2.21. The number of morpholine rings is 1. The van der Waals surface area contributed by atoms with Crippen molar-refractivity contribution in [2.45, 2.75) is 0 Å². The molecule has 148 valence electrons. The van der Waals surface area contributed by atoms with Gasteiger partial charge in [0, 0.05) is 37.3 Å². The topological polar surface area (TPSA) is 89.3 Å². The van der Waals surface area contributed by atoms with Crippen LogP contribution in [-0.2, 0) is 4.74 Å². The van der Waals surface area contributed by atoms with Gasteiger partial charge < -0.3 is 20.1 Å². The molecule has 1 aliphatic heterocycles. The molecule has 0 aliphatic carbocycles. The molecule has 1 aliphatic rings. The summed E-state index contributed by atoms with van der Waals surface area (Å²) in [5.74, 6) is -1.50. The molecule has 0 spiro atoms. The summed E-state index contributed by atoms with van der Waals surface area (Å²) in [7, 11) is 0. The predicted octanol–water partition coefficient (Wildman–Crippen LogP) is 2.20. The molecule has 1 fully saturated rings. The second-order valence-electron chi connectivity index (χ2n) is 5.61. The van der Waals surface area contributed by atoms with Crippen molar-refractivity contribution in [2.24, 2.45) is 5.73 Å². The van der Waals surface area contributed by atoms with Crippen LogP contribution in [0.1, 0.15) is 0 Å². The first-order valence-corrected chi connectivity index (χ1v) is 7.98. The van der Waals surface area contributed by atoms with E-state index in [4.69, 9.17) is 15.2 Å². The first-order valence-electron chi connectivity index (χ1n) is 7.98. The Hall–Kier alpha value is -2.30. The summed E-state index contributed by atoms with van der Waals surface area (Å²) >= 11 is 0. The fourth-order valence-electron chi connectivity index (χ4n) is 2.44. The van der Waals surface area contributed by atoms with E-state index in [2.05, 4.69) is 15.2 Å². The van der Waals surface area contributed by atoms with Crippen molar-refractivity contribution in [3.63, 3.8) is 0 Å². The summed E-state index contributed by atoms with van der Waals surface area (Å²) in [6.45, 7) is 2.02. The predicted molar refractivity (Wildman–Crippen MR) is 95.8 cm³/mol. The van der Waals surface area contributed by atoms with Crippen LogP contribution in [-0.4, -0.2) is 54.6 Å². The van der Waals surface area contributed by atoms with E-state index >= 15 is 0 Å². The van der Waals surface area contributed by atoms with Crippen LogP contribution in [0.15, 0.2) is 24.0 Å². The number of hydrogen-bond acceptors (Lipinski definition) is 6. The third-order valence-corrected chi connectivity index (χ3v) is 3.86. The van der Waals surface area contributed by atoms with Crippen LogP contribution >= 0.6 is 12.4 Å². The van der Waals surface area contributed by atoms with Crippen molar-refractivity contribution in [1.82, 2.24) is 15.2 Å².